The summed E-state index contributed by atoms with van der Waals surface area (Å²) >= 11 is 0. The highest BCUT2D eigenvalue weighted by molar-refractivity contribution is 7.90. The zero-order valence-electron chi connectivity index (χ0n) is 13.5. The van der Waals surface area contributed by atoms with Crippen LogP contribution in [0.15, 0.2) is 23.1 Å². The maximum atomic E-state index is 12.6. The third-order valence-electron chi connectivity index (χ3n) is 4.37. The van der Waals surface area contributed by atoms with E-state index >= 15 is 0 Å². The number of nitrogens with zero attached hydrogens (tertiary/aromatic N) is 1. The molecular weight excluding hydrogens is 318 g/mol. The maximum Gasteiger partial charge on any atom is 0.311 e. The lowest BCUT2D eigenvalue weighted by molar-refractivity contribution is -0.147. The van der Waals surface area contributed by atoms with Gasteiger partial charge in [0.05, 0.1) is 10.3 Å². The Balaban J connectivity index is 2.33. The van der Waals surface area contributed by atoms with Crippen LogP contribution in [0.2, 0.25) is 0 Å². The first-order valence-corrected chi connectivity index (χ1v) is 9.33. The standard InChI is InChI=1S/C16H21NO5S/c1-4-11-5-6-12(9-13(11)23(3,21)22)14(18)17-8-7-16(2,10-17)15(19)20/h5-6,9H,4,7-8,10H2,1-3H3,(H,19,20). The van der Waals surface area contributed by atoms with Crippen molar-refractivity contribution in [1.82, 2.24) is 4.90 Å². The van der Waals surface area contributed by atoms with Crippen LogP contribution in [-0.2, 0) is 21.1 Å². The van der Waals surface area contributed by atoms with Crippen molar-refractivity contribution in [3.8, 4) is 0 Å². The molecule has 1 aliphatic heterocycles. The van der Waals surface area contributed by atoms with Gasteiger partial charge in [-0.3, -0.25) is 9.59 Å². The van der Waals surface area contributed by atoms with Crippen molar-refractivity contribution >= 4 is 21.7 Å². The van der Waals surface area contributed by atoms with Gasteiger partial charge in [0.2, 0.25) is 0 Å². The molecule has 1 amide bonds. The summed E-state index contributed by atoms with van der Waals surface area (Å²) in [7, 11) is -3.43. The molecule has 23 heavy (non-hydrogen) atoms. The van der Waals surface area contributed by atoms with Crippen LogP contribution in [0.5, 0.6) is 0 Å². The Kier molecular flexibility index (Phi) is 4.52. The Hall–Kier alpha value is -1.89. The predicted octanol–water partition coefficient (Wildman–Crippen LogP) is 1.59. The number of aryl methyl sites for hydroxylation is 1. The normalized spacial score (nSPS) is 21.4. The van der Waals surface area contributed by atoms with Crippen LogP contribution in [0.1, 0.15) is 36.2 Å². The Labute approximate surface area is 136 Å². The van der Waals surface area contributed by atoms with Gasteiger partial charge >= 0.3 is 5.97 Å². The van der Waals surface area contributed by atoms with Gasteiger partial charge in [-0.05, 0) is 37.5 Å². The van der Waals surface area contributed by atoms with Crippen LogP contribution in [0.3, 0.4) is 0 Å². The van der Waals surface area contributed by atoms with E-state index in [0.29, 0.717) is 24.9 Å². The number of hydrogen-bond donors (Lipinski definition) is 1. The number of sulfone groups is 1. The van der Waals surface area contributed by atoms with Crippen LogP contribution in [0.25, 0.3) is 0 Å². The summed E-state index contributed by atoms with van der Waals surface area (Å²) < 4.78 is 23.8. The van der Waals surface area contributed by atoms with Gasteiger partial charge < -0.3 is 10.0 Å². The molecule has 0 spiro atoms. The molecule has 0 radical (unpaired) electrons. The minimum absolute atomic E-state index is 0.130. The molecule has 6 nitrogen and oxygen atoms in total. The van der Waals surface area contributed by atoms with Crippen molar-refractivity contribution in [3.63, 3.8) is 0 Å². The van der Waals surface area contributed by atoms with E-state index in [4.69, 9.17) is 0 Å². The van der Waals surface area contributed by atoms with E-state index in [2.05, 4.69) is 0 Å². The molecule has 2 rings (SSSR count). The molecule has 0 saturated carbocycles. The van der Waals surface area contributed by atoms with Gasteiger partial charge in [-0.2, -0.15) is 0 Å². The van der Waals surface area contributed by atoms with Gasteiger partial charge in [-0.15, -0.1) is 0 Å². The van der Waals surface area contributed by atoms with Crippen molar-refractivity contribution in [2.45, 2.75) is 31.6 Å². The first kappa shape index (κ1) is 17.5. The Morgan fingerprint density at radius 2 is 2.00 bits per heavy atom. The lowest BCUT2D eigenvalue weighted by atomic mass is 9.90. The van der Waals surface area contributed by atoms with Gasteiger partial charge in [0.25, 0.3) is 5.91 Å². The number of hydrogen-bond acceptors (Lipinski definition) is 4. The van der Waals surface area contributed by atoms with Gasteiger partial charge in [-0.25, -0.2) is 8.42 Å². The number of benzene rings is 1. The third-order valence-corrected chi connectivity index (χ3v) is 5.55. The second-order valence-corrected chi connectivity index (χ2v) is 8.27. The fourth-order valence-electron chi connectivity index (χ4n) is 2.82. The molecule has 0 aromatic heterocycles. The van der Waals surface area contributed by atoms with E-state index < -0.39 is 21.2 Å². The molecule has 1 aliphatic rings. The van der Waals surface area contributed by atoms with Crippen LogP contribution in [0.4, 0.5) is 0 Å². The SMILES string of the molecule is CCc1ccc(C(=O)N2CCC(C)(C(=O)O)C2)cc1S(C)(=O)=O. The number of likely N-dealkylation sites (tertiary alicyclic amines) is 1. The van der Waals surface area contributed by atoms with E-state index in [1.54, 1.807) is 19.1 Å². The minimum atomic E-state index is -3.43. The lowest BCUT2D eigenvalue weighted by Crippen LogP contribution is -2.34. The monoisotopic (exact) mass is 339 g/mol. The molecule has 1 atom stereocenters. The van der Waals surface area contributed by atoms with Gasteiger partial charge in [-0.1, -0.05) is 13.0 Å². The fourth-order valence-corrected chi connectivity index (χ4v) is 3.85. The average Bonchev–Trinajstić information content (AvgIpc) is 2.89. The molecule has 1 unspecified atom stereocenters. The molecule has 1 aromatic rings. The Morgan fingerprint density at radius 1 is 1.35 bits per heavy atom. The van der Waals surface area contributed by atoms with Crippen LogP contribution in [0, 0.1) is 5.41 Å². The molecule has 1 saturated heterocycles. The number of carbonyl (C=O) groups is 2. The molecular formula is C16H21NO5S. The summed E-state index contributed by atoms with van der Waals surface area (Å²) in [5, 5.41) is 9.24. The Morgan fingerprint density at radius 3 is 2.48 bits per heavy atom. The minimum Gasteiger partial charge on any atom is -0.481 e. The molecule has 1 N–H and O–H groups in total. The van der Waals surface area contributed by atoms with Gasteiger partial charge in [0.15, 0.2) is 9.84 Å². The summed E-state index contributed by atoms with van der Waals surface area (Å²) in [5.74, 6) is -1.26. The van der Waals surface area contributed by atoms with Gasteiger partial charge in [0, 0.05) is 24.9 Å². The van der Waals surface area contributed by atoms with Crippen molar-refractivity contribution in [1.29, 1.82) is 0 Å². The quantitative estimate of drug-likeness (QED) is 0.899. The number of rotatable bonds is 4. The second kappa shape index (κ2) is 5.96. The number of aliphatic carboxylic acids is 1. The smallest absolute Gasteiger partial charge is 0.311 e. The van der Waals surface area contributed by atoms with Crippen molar-refractivity contribution in [2.75, 3.05) is 19.3 Å². The molecule has 1 heterocycles. The summed E-state index contributed by atoms with van der Waals surface area (Å²) in [4.78, 5) is 25.5. The zero-order valence-corrected chi connectivity index (χ0v) is 14.3. The van der Waals surface area contributed by atoms with Crippen LogP contribution >= 0.6 is 0 Å². The molecule has 0 aliphatic carbocycles. The molecule has 126 valence electrons. The first-order valence-electron chi connectivity index (χ1n) is 7.44. The van der Waals surface area contributed by atoms with Crippen molar-refractivity contribution in [2.24, 2.45) is 5.41 Å². The summed E-state index contributed by atoms with van der Waals surface area (Å²) in [6, 6.07) is 4.65. The summed E-state index contributed by atoms with van der Waals surface area (Å²) in [6.45, 7) is 3.95. The summed E-state index contributed by atoms with van der Waals surface area (Å²) in [6.07, 6.45) is 2.06. The summed E-state index contributed by atoms with van der Waals surface area (Å²) in [5.41, 5.74) is -0.00306. The lowest BCUT2D eigenvalue weighted by Gasteiger charge is -2.20. The third kappa shape index (κ3) is 3.39. The molecule has 0 bridgehead atoms. The highest BCUT2D eigenvalue weighted by Crippen LogP contribution is 2.31. The average molecular weight is 339 g/mol. The fraction of sp³-hybridized carbons (Fsp3) is 0.500. The first-order chi connectivity index (χ1) is 10.6. The van der Waals surface area contributed by atoms with E-state index in [-0.39, 0.29) is 22.9 Å². The number of carboxylic acid groups (broad SMARTS) is 1. The number of amides is 1. The highest BCUT2D eigenvalue weighted by atomic mass is 32.2. The van der Waals surface area contributed by atoms with Crippen LogP contribution in [-0.4, -0.2) is 49.6 Å². The van der Waals surface area contributed by atoms with Crippen molar-refractivity contribution in [3.05, 3.63) is 29.3 Å². The van der Waals surface area contributed by atoms with E-state index in [1.807, 2.05) is 6.92 Å². The van der Waals surface area contributed by atoms with Crippen molar-refractivity contribution < 1.29 is 23.1 Å². The zero-order chi connectivity index (χ0) is 17.4. The van der Waals surface area contributed by atoms with E-state index in [1.165, 1.54) is 11.0 Å². The largest absolute Gasteiger partial charge is 0.481 e. The van der Waals surface area contributed by atoms with Crippen LogP contribution < -0.4 is 0 Å². The second-order valence-electron chi connectivity index (χ2n) is 6.29. The number of carbonyl (C=O) groups excluding carboxylic acids is 1. The predicted molar refractivity (Wildman–Crippen MR) is 85.2 cm³/mol. The van der Waals surface area contributed by atoms with Gasteiger partial charge in [0.1, 0.15) is 0 Å². The van der Waals surface area contributed by atoms with E-state index in [0.717, 1.165) is 6.26 Å². The highest BCUT2D eigenvalue weighted by Gasteiger charge is 2.42. The molecule has 1 fully saturated rings. The van der Waals surface area contributed by atoms with E-state index in [9.17, 15) is 23.1 Å². The molecule has 1 aromatic carbocycles. The Bertz CT molecular complexity index is 756. The topological polar surface area (TPSA) is 91.8 Å². The maximum absolute atomic E-state index is 12.6. The molecule has 7 heteroatoms. The number of carboxylic acids is 1.